The molecule has 0 aromatic carbocycles. The Bertz CT molecular complexity index is 606. The highest BCUT2D eigenvalue weighted by Gasteiger charge is 2.21. The average Bonchev–Trinajstić information content (AvgIpc) is 3.17. The van der Waals surface area contributed by atoms with E-state index in [1.807, 2.05) is 29.7 Å². The fourth-order valence-corrected chi connectivity index (χ4v) is 4.59. The topological polar surface area (TPSA) is 32.3 Å². The summed E-state index contributed by atoms with van der Waals surface area (Å²) in [5.74, 6) is 0.654. The van der Waals surface area contributed by atoms with Crippen LogP contribution in [0.25, 0.3) is 0 Å². The van der Waals surface area contributed by atoms with Crippen molar-refractivity contribution >= 4 is 28.6 Å². The highest BCUT2D eigenvalue weighted by Crippen LogP contribution is 2.20. The summed E-state index contributed by atoms with van der Waals surface area (Å²) in [7, 11) is 0. The number of aryl methyl sites for hydroxylation is 1. The van der Waals surface area contributed by atoms with Gasteiger partial charge in [0.1, 0.15) is 0 Å². The highest BCUT2D eigenvalue weighted by atomic mass is 32.1. The molecule has 1 amide bonds. The van der Waals surface area contributed by atoms with Gasteiger partial charge in [-0.15, -0.1) is 22.7 Å². The lowest BCUT2D eigenvalue weighted by Gasteiger charge is -2.32. The van der Waals surface area contributed by atoms with Gasteiger partial charge < -0.3 is 5.32 Å². The van der Waals surface area contributed by atoms with Gasteiger partial charge in [-0.25, -0.2) is 0 Å². The zero-order chi connectivity index (χ0) is 15.4. The highest BCUT2D eigenvalue weighted by molar-refractivity contribution is 7.12. The first kappa shape index (κ1) is 15.7. The van der Waals surface area contributed by atoms with Crippen molar-refractivity contribution in [2.24, 2.45) is 5.92 Å². The third-order valence-corrected chi connectivity index (χ3v) is 6.06. The van der Waals surface area contributed by atoms with Crippen LogP contribution in [0.15, 0.2) is 29.0 Å². The number of likely N-dealkylation sites (tertiary alicyclic amines) is 1. The molecular formula is C17H22N2OS2. The Labute approximate surface area is 140 Å². The Balaban J connectivity index is 1.48. The molecule has 0 radical (unpaired) electrons. The molecule has 2 aromatic rings. The molecule has 3 rings (SSSR count). The molecule has 1 aliphatic heterocycles. The number of amides is 1. The molecule has 1 saturated heterocycles. The molecule has 3 nitrogen and oxygen atoms in total. The summed E-state index contributed by atoms with van der Waals surface area (Å²) in [6, 6.07) is 6.32. The van der Waals surface area contributed by atoms with Gasteiger partial charge in [0.2, 0.25) is 0 Å². The Morgan fingerprint density at radius 1 is 1.36 bits per heavy atom. The molecule has 1 N–H and O–H groups in total. The Kier molecular flexibility index (Phi) is 5.28. The molecule has 0 unspecified atom stereocenters. The summed E-state index contributed by atoms with van der Waals surface area (Å²) in [5.41, 5.74) is 1.07. The fraction of sp³-hybridized carbons (Fsp3) is 0.471. The van der Waals surface area contributed by atoms with Crippen LogP contribution in [0.2, 0.25) is 0 Å². The molecule has 0 aliphatic carbocycles. The number of hydrogen-bond acceptors (Lipinski definition) is 4. The van der Waals surface area contributed by atoms with Gasteiger partial charge in [0.25, 0.3) is 5.91 Å². The van der Waals surface area contributed by atoms with Crippen LogP contribution in [0.3, 0.4) is 0 Å². The number of rotatable bonds is 5. The van der Waals surface area contributed by atoms with Crippen molar-refractivity contribution in [3.63, 3.8) is 0 Å². The van der Waals surface area contributed by atoms with Gasteiger partial charge in [-0.3, -0.25) is 9.69 Å². The van der Waals surface area contributed by atoms with Gasteiger partial charge in [0.15, 0.2) is 0 Å². The van der Waals surface area contributed by atoms with Gasteiger partial charge in [-0.1, -0.05) is 6.07 Å². The standard InChI is InChI=1S/C17H22N2OS2/c1-13-6-9-22-16(13)17(20)18-10-14-4-2-7-19(11-14)12-15-5-3-8-21-15/h3,5-6,8-9,14H,2,4,7,10-12H2,1H3,(H,18,20)/t14-/m1/s1. The van der Waals surface area contributed by atoms with E-state index in [4.69, 9.17) is 0 Å². The molecule has 0 spiro atoms. The summed E-state index contributed by atoms with van der Waals surface area (Å²) >= 11 is 3.35. The van der Waals surface area contributed by atoms with Crippen LogP contribution in [0.4, 0.5) is 0 Å². The summed E-state index contributed by atoms with van der Waals surface area (Å²) in [6.45, 7) is 6.09. The second kappa shape index (κ2) is 7.40. The number of thiophene rings is 2. The van der Waals surface area contributed by atoms with Crippen molar-refractivity contribution in [2.75, 3.05) is 19.6 Å². The van der Waals surface area contributed by atoms with Gasteiger partial charge in [-0.2, -0.15) is 0 Å². The van der Waals surface area contributed by atoms with E-state index < -0.39 is 0 Å². The number of nitrogens with one attached hydrogen (secondary N) is 1. The molecule has 1 fully saturated rings. The predicted molar refractivity (Wildman–Crippen MR) is 93.7 cm³/mol. The third-order valence-electron chi connectivity index (χ3n) is 4.18. The summed E-state index contributed by atoms with van der Waals surface area (Å²) < 4.78 is 0. The minimum atomic E-state index is 0.0860. The lowest BCUT2D eigenvalue weighted by Crippen LogP contribution is -2.40. The molecular weight excluding hydrogens is 312 g/mol. The molecule has 1 atom stereocenters. The summed E-state index contributed by atoms with van der Waals surface area (Å²) in [4.78, 5) is 17.0. The largest absolute Gasteiger partial charge is 0.351 e. The lowest BCUT2D eigenvalue weighted by molar-refractivity contribution is 0.0934. The molecule has 1 aliphatic rings. The van der Waals surface area contributed by atoms with Crippen LogP contribution in [-0.2, 0) is 6.54 Å². The Morgan fingerprint density at radius 3 is 3.00 bits per heavy atom. The predicted octanol–water partition coefficient (Wildman–Crippen LogP) is 3.76. The van der Waals surface area contributed by atoms with Crippen LogP contribution >= 0.6 is 22.7 Å². The number of hydrogen-bond donors (Lipinski definition) is 1. The van der Waals surface area contributed by atoms with Gasteiger partial charge in [0.05, 0.1) is 4.88 Å². The van der Waals surface area contributed by atoms with Crippen LogP contribution in [0, 0.1) is 12.8 Å². The van der Waals surface area contributed by atoms with Crippen LogP contribution in [0.1, 0.15) is 33.0 Å². The van der Waals surface area contributed by atoms with Gasteiger partial charge in [0, 0.05) is 24.5 Å². The summed E-state index contributed by atoms with van der Waals surface area (Å²) in [5, 5.41) is 7.24. The Morgan fingerprint density at radius 2 is 2.27 bits per heavy atom. The van der Waals surface area contributed by atoms with E-state index in [1.54, 1.807) is 0 Å². The molecule has 2 aromatic heterocycles. The quantitative estimate of drug-likeness (QED) is 0.903. The smallest absolute Gasteiger partial charge is 0.261 e. The molecule has 22 heavy (non-hydrogen) atoms. The first-order valence-electron chi connectivity index (χ1n) is 7.79. The maximum atomic E-state index is 12.2. The SMILES string of the molecule is Cc1ccsc1C(=O)NC[C@H]1CCCN(Cc2cccs2)C1. The van der Waals surface area contributed by atoms with Gasteiger partial charge in [-0.05, 0) is 60.7 Å². The number of nitrogens with zero attached hydrogens (tertiary/aromatic N) is 1. The maximum absolute atomic E-state index is 12.2. The number of carbonyl (C=O) groups excluding carboxylic acids is 1. The minimum Gasteiger partial charge on any atom is -0.351 e. The molecule has 0 saturated carbocycles. The van der Waals surface area contributed by atoms with Crippen LogP contribution < -0.4 is 5.32 Å². The van der Waals surface area contributed by atoms with Crippen molar-refractivity contribution in [3.8, 4) is 0 Å². The van der Waals surface area contributed by atoms with E-state index in [9.17, 15) is 4.79 Å². The van der Waals surface area contributed by atoms with Crippen LogP contribution in [0.5, 0.6) is 0 Å². The normalized spacial score (nSPS) is 19.2. The van der Waals surface area contributed by atoms with Crippen molar-refractivity contribution in [1.29, 1.82) is 0 Å². The van der Waals surface area contributed by atoms with Crippen molar-refractivity contribution in [3.05, 3.63) is 44.3 Å². The summed E-state index contributed by atoms with van der Waals surface area (Å²) in [6.07, 6.45) is 2.44. The number of piperidine rings is 1. The average molecular weight is 335 g/mol. The van der Waals surface area contributed by atoms with E-state index >= 15 is 0 Å². The van der Waals surface area contributed by atoms with E-state index in [-0.39, 0.29) is 5.91 Å². The van der Waals surface area contributed by atoms with E-state index in [0.717, 1.165) is 30.1 Å². The minimum absolute atomic E-state index is 0.0860. The van der Waals surface area contributed by atoms with Gasteiger partial charge >= 0.3 is 0 Å². The van der Waals surface area contributed by atoms with E-state index in [2.05, 4.69) is 27.7 Å². The first-order valence-corrected chi connectivity index (χ1v) is 9.55. The van der Waals surface area contributed by atoms with Crippen molar-refractivity contribution < 1.29 is 4.79 Å². The molecule has 0 bridgehead atoms. The maximum Gasteiger partial charge on any atom is 0.261 e. The molecule has 5 heteroatoms. The second-order valence-electron chi connectivity index (χ2n) is 5.97. The fourth-order valence-electron chi connectivity index (χ4n) is 3.01. The first-order chi connectivity index (χ1) is 10.7. The van der Waals surface area contributed by atoms with Crippen LogP contribution in [-0.4, -0.2) is 30.4 Å². The lowest BCUT2D eigenvalue weighted by atomic mass is 9.98. The third kappa shape index (κ3) is 3.97. The molecule has 118 valence electrons. The van der Waals surface area contributed by atoms with E-state index in [0.29, 0.717) is 5.92 Å². The Hall–Kier alpha value is -1.17. The second-order valence-corrected chi connectivity index (χ2v) is 7.91. The monoisotopic (exact) mass is 334 g/mol. The zero-order valence-corrected chi connectivity index (χ0v) is 14.5. The van der Waals surface area contributed by atoms with Crippen molar-refractivity contribution in [1.82, 2.24) is 10.2 Å². The van der Waals surface area contributed by atoms with Crippen molar-refractivity contribution in [2.45, 2.75) is 26.3 Å². The number of carbonyl (C=O) groups is 1. The van der Waals surface area contributed by atoms with E-state index in [1.165, 1.54) is 35.6 Å². The molecule has 3 heterocycles. The zero-order valence-electron chi connectivity index (χ0n) is 12.9.